The van der Waals surface area contributed by atoms with E-state index in [0.29, 0.717) is 5.92 Å². The molecule has 0 N–H and O–H groups in total. The van der Waals surface area contributed by atoms with Gasteiger partial charge in [0.15, 0.2) is 0 Å². The van der Waals surface area contributed by atoms with E-state index in [1.165, 1.54) is 16.7 Å². The number of hydrogen-bond acceptors (Lipinski definition) is 1. The maximum Gasteiger partial charge on any atom is 0.0234 e. The van der Waals surface area contributed by atoms with Crippen LogP contribution in [-0.4, -0.2) is 18.5 Å². The van der Waals surface area contributed by atoms with Gasteiger partial charge in [-0.1, -0.05) is 62.6 Å². The lowest BCUT2D eigenvalue weighted by Gasteiger charge is -2.16. The largest absolute Gasteiger partial charge is 0.298 e. The fraction of sp³-hybridized carbons (Fsp3) is 0.455. The zero-order valence-electron chi connectivity index (χ0n) is 16.0. The van der Waals surface area contributed by atoms with Gasteiger partial charge in [-0.15, -0.1) is 12.4 Å². The Balaban J connectivity index is 0.00000529. The average molecular weight is 346 g/mol. The van der Waals surface area contributed by atoms with Crippen molar-refractivity contribution >= 4 is 18.0 Å². The molecule has 0 amide bonds. The Hall–Kier alpha value is -1.49. The van der Waals surface area contributed by atoms with Crippen LogP contribution in [0.2, 0.25) is 0 Å². The fourth-order valence-corrected chi connectivity index (χ4v) is 2.13. The highest BCUT2D eigenvalue weighted by Gasteiger charge is 2.05. The van der Waals surface area contributed by atoms with Crippen LogP contribution in [0.4, 0.5) is 0 Å². The molecule has 0 aliphatic carbocycles. The van der Waals surface area contributed by atoms with E-state index >= 15 is 0 Å². The van der Waals surface area contributed by atoms with Crippen molar-refractivity contribution < 1.29 is 0 Å². The molecule has 1 aromatic carbocycles. The van der Waals surface area contributed by atoms with E-state index in [2.05, 4.69) is 95.3 Å². The van der Waals surface area contributed by atoms with Crippen LogP contribution in [0, 0.1) is 23.2 Å². The summed E-state index contributed by atoms with van der Waals surface area (Å²) >= 11 is 0. The minimum atomic E-state index is 0. The summed E-state index contributed by atoms with van der Waals surface area (Å²) in [7, 11) is 2.13. The summed E-state index contributed by atoms with van der Waals surface area (Å²) in [5, 5.41) is 0. The summed E-state index contributed by atoms with van der Waals surface area (Å²) in [5.74, 6) is 6.80. The Morgan fingerprint density at radius 3 is 2.54 bits per heavy atom. The molecule has 0 aliphatic heterocycles. The Bertz CT molecular complexity index is 609. The number of allylic oxidation sites excluding steroid dienone is 2. The third kappa shape index (κ3) is 8.96. The SMILES string of the molecule is C=C(c1cccc(CN(C)CC=CC#CC(C)(C)C)c1)C(C)C.Cl. The molecule has 0 unspecified atom stereocenters. The molecule has 0 saturated heterocycles. The van der Waals surface area contributed by atoms with Gasteiger partial charge in [0, 0.05) is 18.5 Å². The van der Waals surface area contributed by atoms with Crippen LogP contribution < -0.4 is 0 Å². The Kier molecular flexibility index (Phi) is 9.75. The highest BCUT2D eigenvalue weighted by molar-refractivity contribution is 5.85. The molecule has 132 valence electrons. The number of rotatable bonds is 6. The predicted molar refractivity (Wildman–Crippen MR) is 110 cm³/mol. The summed E-state index contributed by atoms with van der Waals surface area (Å²) in [6.45, 7) is 16.8. The summed E-state index contributed by atoms with van der Waals surface area (Å²) in [6.07, 6.45) is 4.08. The second-order valence-electron chi connectivity index (χ2n) is 7.50. The van der Waals surface area contributed by atoms with Gasteiger partial charge in [-0.3, -0.25) is 4.90 Å². The van der Waals surface area contributed by atoms with Crippen LogP contribution in [0.15, 0.2) is 43.0 Å². The van der Waals surface area contributed by atoms with Crippen LogP contribution in [0.25, 0.3) is 5.57 Å². The highest BCUT2D eigenvalue weighted by Crippen LogP contribution is 2.22. The van der Waals surface area contributed by atoms with Crippen LogP contribution in [0.5, 0.6) is 0 Å². The van der Waals surface area contributed by atoms with Gasteiger partial charge in [0.05, 0.1) is 0 Å². The third-order valence-electron chi connectivity index (χ3n) is 3.51. The lowest BCUT2D eigenvalue weighted by Crippen LogP contribution is -2.17. The van der Waals surface area contributed by atoms with Crippen molar-refractivity contribution in [3.8, 4) is 11.8 Å². The van der Waals surface area contributed by atoms with Crippen LogP contribution >= 0.6 is 12.4 Å². The molecule has 2 heteroatoms. The molecule has 24 heavy (non-hydrogen) atoms. The van der Waals surface area contributed by atoms with E-state index in [0.717, 1.165) is 13.1 Å². The first-order chi connectivity index (χ1) is 10.7. The Morgan fingerprint density at radius 2 is 1.96 bits per heavy atom. The predicted octanol–water partition coefficient (Wildman–Crippen LogP) is 5.82. The topological polar surface area (TPSA) is 3.24 Å². The van der Waals surface area contributed by atoms with Gasteiger partial charge < -0.3 is 0 Å². The van der Waals surface area contributed by atoms with E-state index in [4.69, 9.17) is 0 Å². The van der Waals surface area contributed by atoms with E-state index in [1.54, 1.807) is 0 Å². The monoisotopic (exact) mass is 345 g/mol. The minimum absolute atomic E-state index is 0. The number of likely N-dealkylation sites (N-methyl/N-ethyl adjacent to an activating group) is 1. The number of hydrogen-bond donors (Lipinski definition) is 0. The normalized spacial score (nSPS) is 11.3. The van der Waals surface area contributed by atoms with Crippen LogP contribution in [0.3, 0.4) is 0 Å². The molecule has 0 fully saturated rings. The molecule has 0 bridgehead atoms. The van der Waals surface area contributed by atoms with Crippen LogP contribution in [0.1, 0.15) is 45.7 Å². The van der Waals surface area contributed by atoms with E-state index < -0.39 is 0 Å². The van der Waals surface area contributed by atoms with Crippen molar-refractivity contribution in [3.05, 3.63) is 54.1 Å². The minimum Gasteiger partial charge on any atom is -0.298 e. The molecule has 0 saturated carbocycles. The third-order valence-corrected chi connectivity index (χ3v) is 3.51. The molecular formula is C22H32ClN. The summed E-state index contributed by atoms with van der Waals surface area (Å²) in [4.78, 5) is 2.28. The first kappa shape index (κ1) is 22.5. The van der Waals surface area contributed by atoms with E-state index in [1.807, 2.05) is 6.08 Å². The fourth-order valence-electron chi connectivity index (χ4n) is 2.13. The van der Waals surface area contributed by atoms with Gasteiger partial charge in [-0.05, 0) is 56.5 Å². The lowest BCUT2D eigenvalue weighted by atomic mass is 9.96. The molecule has 0 aliphatic rings. The molecule has 0 atom stereocenters. The van der Waals surface area contributed by atoms with Crippen molar-refractivity contribution in [1.82, 2.24) is 4.90 Å². The average Bonchev–Trinajstić information content (AvgIpc) is 2.45. The molecular weight excluding hydrogens is 314 g/mol. The number of nitrogens with zero attached hydrogens (tertiary/aromatic N) is 1. The quantitative estimate of drug-likeness (QED) is 0.587. The molecule has 0 aromatic heterocycles. The summed E-state index contributed by atoms with van der Waals surface area (Å²) < 4.78 is 0. The van der Waals surface area contributed by atoms with Gasteiger partial charge in [0.2, 0.25) is 0 Å². The second kappa shape index (κ2) is 10.4. The molecule has 1 rings (SSSR count). The van der Waals surface area contributed by atoms with Gasteiger partial charge in [-0.25, -0.2) is 0 Å². The molecule has 0 spiro atoms. The van der Waals surface area contributed by atoms with Crippen molar-refractivity contribution in [2.75, 3.05) is 13.6 Å². The Labute approximate surface area is 155 Å². The van der Waals surface area contributed by atoms with Crippen molar-refractivity contribution in [3.63, 3.8) is 0 Å². The maximum absolute atomic E-state index is 4.19. The molecule has 0 radical (unpaired) electrons. The van der Waals surface area contributed by atoms with E-state index in [9.17, 15) is 0 Å². The molecule has 1 nitrogen and oxygen atoms in total. The van der Waals surface area contributed by atoms with Gasteiger partial charge >= 0.3 is 0 Å². The highest BCUT2D eigenvalue weighted by atomic mass is 35.5. The summed E-state index contributed by atoms with van der Waals surface area (Å²) in [5.41, 5.74) is 3.83. The van der Waals surface area contributed by atoms with Crippen molar-refractivity contribution in [1.29, 1.82) is 0 Å². The van der Waals surface area contributed by atoms with Crippen molar-refractivity contribution in [2.45, 2.75) is 41.2 Å². The number of halogens is 1. The van der Waals surface area contributed by atoms with Crippen LogP contribution in [-0.2, 0) is 6.54 Å². The first-order valence-electron chi connectivity index (χ1n) is 8.33. The molecule has 1 aromatic rings. The maximum atomic E-state index is 4.19. The first-order valence-corrected chi connectivity index (χ1v) is 8.33. The zero-order chi connectivity index (χ0) is 17.5. The standard InChI is InChI=1S/C22H31N.ClH/c1-18(2)19(3)21-13-11-12-20(16-21)17-23(7)15-10-8-9-14-22(4,5)6;/h8,10-13,16,18H,3,15,17H2,1-2,4-7H3;1H. The van der Waals surface area contributed by atoms with Crippen molar-refractivity contribution in [2.24, 2.45) is 11.3 Å². The van der Waals surface area contributed by atoms with Gasteiger partial charge in [0.25, 0.3) is 0 Å². The molecule has 0 heterocycles. The van der Waals surface area contributed by atoms with Gasteiger partial charge in [0.1, 0.15) is 0 Å². The second-order valence-corrected chi connectivity index (χ2v) is 7.50. The smallest absolute Gasteiger partial charge is 0.0234 e. The summed E-state index contributed by atoms with van der Waals surface area (Å²) in [6, 6.07) is 8.70. The van der Waals surface area contributed by atoms with E-state index in [-0.39, 0.29) is 17.8 Å². The lowest BCUT2D eigenvalue weighted by molar-refractivity contribution is 0.363. The zero-order valence-corrected chi connectivity index (χ0v) is 16.8. The number of benzene rings is 1. The van der Waals surface area contributed by atoms with Gasteiger partial charge in [-0.2, -0.15) is 0 Å². The Morgan fingerprint density at radius 1 is 1.29 bits per heavy atom.